The lowest BCUT2D eigenvalue weighted by Crippen LogP contribution is -2.55. The van der Waals surface area contributed by atoms with E-state index in [1.54, 1.807) is 6.20 Å². The van der Waals surface area contributed by atoms with Gasteiger partial charge in [0.25, 0.3) is 0 Å². The van der Waals surface area contributed by atoms with E-state index in [0.717, 1.165) is 56.5 Å². The number of aryl methyl sites for hydroxylation is 1. The zero-order chi connectivity index (χ0) is 18.3. The Balaban J connectivity index is 1.54. The Morgan fingerprint density at radius 2 is 2.23 bits per heavy atom. The second kappa shape index (κ2) is 6.57. The number of fused-ring (bicyclic) bond motifs is 1. The van der Waals surface area contributed by atoms with Gasteiger partial charge in [0.2, 0.25) is 5.91 Å². The number of carbonyl (C=O) groups is 1. The van der Waals surface area contributed by atoms with Gasteiger partial charge in [-0.3, -0.25) is 4.79 Å². The first-order chi connectivity index (χ1) is 12.5. The fourth-order valence-corrected chi connectivity index (χ4v) is 5.46. The number of carbonyl (C=O) groups excluding carboxylic acids is 1. The van der Waals surface area contributed by atoms with Crippen LogP contribution in [0, 0.1) is 30.1 Å². The average molecular weight is 352 g/mol. The first-order valence-electron chi connectivity index (χ1n) is 9.98. The van der Waals surface area contributed by atoms with Gasteiger partial charge in [-0.25, -0.2) is 4.98 Å². The number of hydrogen-bond donors (Lipinski definition) is 1. The fourth-order valence-electron chi connectivity index (χ4n) is 5.46. The van der Waals surface area contributed by atoms with Gasteiger partial charge >= 0.3 is 0 Å². The summed E-state index contributed by atoms with van der Waals surface area (Å²) >= 11 is 0. The molecule has 1 aliphatic heterocycles. The summed E-state index contributed by atoms with van der Waals surface area (Å²) in [6.07, 6.45) is 9.22. The third-order valence-electron chi connectivity index (χ3n) is 6.80. The Morgan fingerprint density at radius 3 is 2.92 bits per heavy atom. The molecule has 0 spiro atoms. The number of pyridine rings is 1. The summed E-state index contributed by atoms with van der Waals surface area (Å²) in [6.45, 7) is 5.20. The van der Waals surface area contributed by atoms with E-state index in [-0.39, 0.29) is 17.4 Å². The van der Waals surface area contributed by atoms with E-state index < -0.39 is 0 Å². The third-order valence-corrected chi connectivity index (χ3v) is 6.80. The number of hydrogen-bond acceptors (Lipinski definition) is 4. The van der Waals surface area contributed by atoms with Gasteiger partial charge in [0.1, 0.15) is 11.9 Å². The Hall–Kier alpha value is -2.09. The van der Waals surface area contributed by atoms with Gasteiger partial charge in [-0.05, 0) is 69.4 Å². The largest absolute Gasteiger partial charge is 0.351 e. The van der Waals surface area contributed by atoms with Crippen LogP contribution < -0.4 is 10.2 Å². The fraction of sp³-hybridized carbons (Fsp3) is 0.667. The summed E-state index contributed by atoms with van der Waals surface area (Å²) < 4.78 is 0. The van der Waals surface area contributed by atoms with Crippen molar-refractivity contribution in [2.75, 3.05) is 11.4 Å². The summed E-state index contributed by atoms with van der Waals surface area (Å²) in [5.74, 6) is 2.12. The molecule has 2 aliphatic carbocycles. The molecule has 4 atom stereocenters. The van der Waals surface area contributed by atoms with E-state index in [4.69, 9.17) is 5.26 Å². The van der Waals surface area contributed by atoms with Crippen molar-refractivity contribution < 1.29 is 4.79 Å². The van der Waals surface area contributed by atoms with Crippen LogP contribution >= 0.6 is 0 Å². The summed E-state index contributed by atoms with van der Waals surface area (Å²) in [5.41, 5.74) is 1.56. The van der Waals surface area contributed by atoms with Crippen molar-refractivity contribution in [1.82, 2.24) is 10.3 Å². The van der Waals surface area contributed by atoms with Crippen molar-refractivity contribution in [2.45, 2.75) is 70.4 Å². The van der Waals surface area contributed by atoms with Gasteiger partial charge in [0.15, 0.2) is 0 Å². The Labute approximate surface area is 155 Å². The topological polar surface area (TPSA) is 69.0 Å². The lowest BCUT2D eigenvalue weighted by atomic mass is 9.91. The molecule has 0 radical (unpaired) electrons. The summed E-state index contributed by atoms with van der Waals surface area (Å²) in [5, 5.41) is 12.6. The minimum absolute atomic E-state index is 0.0923. The monoisotopic (exact) mass is 352 g/mol. The van der Waals surface area contributed by atoms with Crippen LogP contribution in [0.3, 0.4) is 0 Å². The van der Waals surface area contributed by atoms with Gasteiger partial charge in [-0.15, -0.1) is 0 Å². The number of nitriles is 1. The molecule has 0 bridgehead atoms. The van der Waals surface area contributed by atoms with Crippen LogP contribution in [-0.4, -0.2) is 29.0 Å². The van der Waals surface area contributed by atoms with Crippen molar-refractivity contribution in [3.63, 3.8) is 0 Å². The average Bonchev–Trinajstić information content (AvgIpc) is 3.30. The first kappa shape index (κ1) is 17.3. The number of nitrogens with one attached hydrogen (secondary N) is 1. The van der Waals surface area contributed by atoms with E-state index in [1.165, 1.54) is 6.42 Å². The van der Waals surface area contributed by atoms with Crippen LogP contribution in [0.25, 0.3) is 0 Å². The van der Waals surface area contributed by atoms with Crippen LogP contribution in [0.4, 0.5) is 5.82 Å². The van der Waals surface area contributed by atoms with Crippen molar-refractivity contribution in [1.29, 1.82) is 5.26 Å². The van der Waals surface area contributed by atoms with E-state index in [0.29, 0.717) is 17.5 Å². The van der Waals surface area contributed by atoms with Crippen LogP contribution in [0.1, 0.15) is 63.0 Å². The zero-order valence-corrected chi connectivity index (χ0v) is 15.8. The van der Waals surface area contributed by atoms with Crippen molar-refractivity contribution in [2.24, 2.45) is 11.8 Å². The molecule has 2 saturated carbocycles. The standard InChI is InChI=1S/C21H28N4O/c1-14-5-6-17(10-14)20(26)24-21-7-3-4-18(21)25(9-8-21)19-15(2)11-16(12-22)13-23-19/h11,13-14,17-18H,3-10H2,1-2H3,(H,24,26). The first-order valence-corrected chi connectivity index (χ1v) is 9.98. The maximum atomic E-state index is 12.9. The zero-order valence-electron chi connectivity index (χ0n) is 15.8. The lowest BCUT2D eigenvalue weighted by Gasteiger charge is -2.35. The summed E-state index contributed by atoms with van der Waals surface area (Å²) in [7, 11) is 0. The predicted molar refractivity (Wildman–Crippen MR) is 101 cm³/mol. The molecule has 1 amide bonds. The molecule has 0 aromatic carbocycles. The predicted octanol–water partition coefficient (Wildman–Crippen LogP) is 3.32. The number of nitrogens with zero attached hydrogens (tertiary/aromatic N) is 3. The molecule has 1 aromatic rings. The maximum Gasteiger partial charge on any atom is 0.223 e. The number of aromatic nitrogens is 1. The molecule has 138 valence electrons. The molecule has 1 aromatic heterocycles. The molecule has 3 aliphatic rings. The van der Waals surface area contributed by atoms with Crippen molar-refractivity contribution in [3.8, 4) is 6.07 Å². The highest BCUT2D eigenvalue weighted by Gasteiger charge is 2.52. The van der Waals surface area contributed by atoms with Crippen LogP contribution in [0.15, 0.2) is 12.3 Å². The third kappa shape index (κ3) is 2.86. The van der Waals surface area contributed by atoms with Gasteiger partial charge in [-0.2, -0.15) is 5.26 Å². The number of anilines is 1. The van der Waals surface area contributed by atoms with Gasteiger partial charge in [0, 0.05) is 18.7 Å². The van der Waals surface area contributed by atoms with Crippen molar-refractivity contribution >= 4 is 11.7 Å². The molecule has 5 heteroatoms. The second-order valence-corrected chi connectivity index (χ2v) is 8.59. The lowest BCUT2D eigenvalue weighted by molar-refractivity contribution is -0.126. The smallest absolute Gasteiger partial charge is 0.223 e. The Bertz CT molecular complexity index is 755. The normalized spacial score (nSPS) is 33.1. The van der Waals surface area contributed by atoms with Crippen LogP contribution in [0.2, 0.25) is 0 Å². The molecule has 4 rings (SSSR count). The highest BCUT2D eigenvalue weighted by atomic mass is 16.2. The van der Waals surface area contributed by atoms with Gasteiger partial charge in [0.05, 0.1) is 17.1 Å². The Kier molecular flexibility index (Phi) is 4.38. The maximum absolute atomic E-state index is 12.9. The molecular formula is C21H28N4O. The van der Waals surface area contributed by atoms with Gasteiger partial charge < -0.3 is 10.2 Å². The van der Waals surface area contributed by atoms with E-state index in [2.05, 4.69) is 28.2 Å². The quantitative estimate of drug-likeness (QED) is 0.906. The molecule has 26 heavy (non-hydrogen) atoms. The molecular weight excluding hydrogens is 324 g/mol. The molecule has 2 heterocycles. The minimum Gasteiger partial charge on any atom is -0.351 e. The summed E-state index contributed by atoms with van der Waals surface area (Å²) in [6, 6.07) is 4.40. The van der Waals surface area contributed by atoms with Crippen molar-refractivity contribution in [3.05, 3.63) is 23.4 Å². The molecule has 5 nitrogen and oxygen atoms in total. The van der Waals surface area contributed by atoms with E-state index >= 15 is 0 Å². The SMILES string of the molecule is Cc1cc(C#N)cnc1N1CCC2(NC(=O)C3CCC(C)C3)CCCC12. The Morgan fingerprint density at radius 1 is 1.38 bits per heavy atom. The van der Waals surface area contributed by atoms with E-state index in [9.17, 15) is 4.79 Å². The number of rotatable bonds is 3. The molecule has 1 N–H and O–H groups in total. The van der Waals surface area contributed by atoms with Gasteiger partial charge in [-0.1, -0.05) is 6.92 Å². The molecule has 1 saturated heterocycles. The highest BCUT2D eigenvalue weighted by Crippen LogP contribution is 2.44. The molecule has 4 unspecified atom stereocenters. The van der Waals surface area contributed by atoms with Crippen LogP contribution in [-0.2, 0) is 4.79 Å². The molecule has 3 fully saturated rings. The van der Waals surface area contributed by atoms with E-state index in [1.807, 2.05) is 13.0 Å². The number of amides is 1. The second-order valence-electron chi connectivity index (χ2n) is 8.59. The summed E-state index contributed by atoms with van der Waals surface area (Å²) in [4.78, 5) is 19.9. The van der Waals surface area contributed by atoms with Crippen LogP contribution in [0.5, 0.6) is 0 Å². The highest BCUT2D eigenvalue weighted by molar-refractivity contribution is 5.80. The minimum atomic E-state index is -0.0923.